The zero-order chi connectivity index (χ0) is 23.4. The topological polar surface area (TPSA) is 134 Å². The van der Waals surface area contributed by atoms with Crippen molar-refractivity contribution in [2.75, 3.05) is 14.2 Å². The first kappa shape index (κ1) is 22.3. The van der Waals surface area contributed by atoms with Gasteiger partial charge in [0.2, 0.25) is 0 Å². The van der Waals surface area contributed by atoms with E-state index >= 15 is 0 Å². The van der Waals surface area contributed by atoms with Crippen LogP contribution in [0.5, 0.6) is 11.5 Å². The minimum Gasteiger partial charge on any atom is -0.491 e. The van der Waals surface area contributed by atoms with Gasteiger partial charge in [-0.15, -0.1) is 5.10 Å². The third-order valence-electron chi connectivity index (χ3n) is 5.88. The maximum atomic E-state index is 13.4. The summed E-state index contributed by atoms with van der Waals surface area (Å²) in [6, 6.07) is 3.16. The zero-order valence-corrected chi connectivity index (χ0v) is 18.7. The molecule has 0 unspecified atom stereocenters. The molecule has 0 aromatic carbocycles. The predicted octanol–water partition coefficient (Wildman–Crippen LogP) is 1.73. The van der Waals surface area contributed by atoms with Gasteiger partial charge in [0.25, 0.3) is 11.5 Å². The number of methoxy groups -OCH3 is 2. The molecule has 4 rings (SSSR count). The summed E-state index contributed by atoms with van der Waals surface area (Å²) in [5.41, 5.74) is -0.130. The van der Waals surface area contributed by atoms with Crippen LogP contribution in [-0.4, -0.2) is 49.8 Å². The number of hydrogen-bond donors (Lipinski definition) is 1. The second-order valence-electron chi connectivity index (χ2n) is 7.69. The number of aromatic nitrogens is 6. The lowest BCUT2D eigenvalue weighted by molar-refractivity contribution is 0.0868. The lowest BCUT2D eigenvalue weighted by Gasteiger charge is -2.33. The van der Waals surface area contributed by atoms with Crippen LogP contribution in [0, 0.1) is 0 Å². The van der Waals surface area contributed by atoms with Gasteiger partial charge in [-0.2, -0.15) is 5.10 Å². The summed E-state index contributed by atoms with van der Waals surface area (Å²) in [6.07, 6.45) is 7.09. The molecular formula is C22H25N7O4. The Morgan fingerprint density at radius 1 is 1.24 bits per heavy atom. The van der Waals surface area contributed by atoms with Crippen LogP contribution < -0.4 is 20.3 Å². The molecule has 0 radical (unpaired) electrons. The molecule has 0 fully saturated rings. The standard InChI is InChI=1S/C22H25N7O4/c1-4-22(27-20(31)18-19(33-3)16(32-2)12-25-28-18)8-5-6-10-29-17(30)11-15(26-21(22)29)14-7-9-23-13-24-14/h7,9,11-13H,4-6,8,10H2,1-3H3,(H,27,31)/t22-/m0/s1. The molecular weight excluding hydrogens is 426 g/mol. The lowest BCUT2D eigenvalue weighted by atomic mass is 9.88. The van der Waals surface area contributed by atoms with Gasteiger partial charge in [0.15, 0.2) is 17.2 Å². The molecule has 1 atom stereocenters. The van der Waals surface area contributed by atoms with Crippen molar-refractivity contribution in [1.29, 1.82) is 0 Å². The second kappa shape index (κ2) is 9.31. The smallest absolute Gasteiger partial charge is 0.276 e. The number of nitrogens with zero attached hydrogens (tertiary/aromatic N) is 6. The first-order chi connectivity index (χ1) is 16.0. The number of rotatable bonds is 6. The molecule has 1 amide bonds. The average molecular weight is 451 g/mol. The van der Waals surface area contributed by atoms with Crippen molar-refractivity contribution in [1.82, 2.24) is 35.0 Å². The molecule has 0 bridgehead atoms. The van der Waals surface area contributed by atoms with Crippen LogP contribution in [0.4, 0.5) is 0 Å². The monoisotopic (exact) mass is 451 g/mol. The van der Waals surface area contributed by atoms with Gasteiger partial charge in [0, 0.05) is 18.8 Å². The number of amides is 1. The summed E-state index contributed by atoms with van der Waals surface area (Å²) in [7, 11) is 2.89. The third kappa shape index (κ3) is 4.13. The summed E-state index contributed by atoms with van der Waals surface area (Å²) < 4.78 is 12.2. The highest BCUT2D eigenvalue weighted by Crippen LogP contribution is 2.34. The Morgan fingerprint density at radius 3 is 2.79 bits per heavy atom. The van der Waals surface area contributed by atoms with Crippen LogP contribution in [0.1, 0.15) is 48.9 Å². The maximum absolute atomic E-state index is 13.4. The van der Waals surface area contributed by atoms with E-state index in [9.17, 15) is 9.59 Å². The largest absolute Gasteiger partial charge is 0.491 e. The van der Waals surface area contributed by atoms with Gasteiger partial charge in [-0.05, 0) is 31.7 Å². The highest BCUT2D eigenvalue weighted by molar-refractivity contribution is 5.96. The van der Waals surface area contributed by atoms with E-state index in [2.05, 4.69) is 25.5 Å². The summed E-state index contributed by atoms with van der Waals surface area (Å²) >= 11 is 0. The molecule has 0 aliphatic carbocycles. The fraction of sp³-hybridized carbons (Fsp3) is 0.409. The van der Waals surface area contributed by atoms with E-state index in [4.69, 9.17) is 14.5 Å². The van der Waals surface area contributed by atoms with Crippen LogP contribution in [0.3, 0.4) is 0 Å². The first-order valence-electron chi connectivity index (χ1n) is 10.7. The summed E-state index contributed by atoms with van der Waals surface area (Å²) in [4.78, 5) is 39.4. The van der Waals surface area contributed by atoms with Gasteiger partial charge < -0.3 is 14.8 Å². The van der Waals surface area contributed by atoms with Crippen molar-refractivity contribution in [3.05, 3.63) is 52.7 Å². The lowest BCUT2D eigenvalue weighted by Crippen LogP contribution is -2.49. The van der Waals surface area contributed by atoms with Crippen molar-refractivity contribution in [2.24, 2.45) is 0 Å². The summed E-state index contributed by atoms with van der Waals surface area (Å²) in [6.45, 7) is 2.47. The molecule has 3 aromatic heterocycles. The number of hydrogen-bond acceptors (Lipinski definition) is 9. The number of fused-ring (bicyclic) bond motifs is 1. The van der Waals surface area contributed by atoms with E-state index in [1.165, 1.54) is 32.8 Å². The van der Waals surface area contributed by atoms with Crippen molar-refractivity contribution >= 4 is 5.91 Å². The SMILES string of the molecule is CC[C@]1(NC(=O)c2nncc(OC)c2OC)CCCCn2c1nc(-c1ccncn1)cc2=O. The zero-order valence-electron chi connectivity index (χ0n) is 18.7. The maximum Gasteiger partial charge on any atom is 0.276 e. The Morgan fingerprint density at radius 2 is 2.09 bits per heavy atom. The number of carbonyl (C=O) groups excluding carboxylic acids is 1. The average Bonchev–Trinajstić information content (AvgIpc) is 3.04. The van der Waals surface area contributed by atoms with E-state index in [1.807, 2.05) is 6.92 Å². The van der Waals surface area contributed by atoms with Crippen molar-refractivity contribution in [3.8, 4) is 22.9 Å². The quantitative estimate of drug-likeness (QED) is 0.594. The van der Waals surface area contributed by atoms with Gasteiger partial charge in [-0.3, -0.25) is 14.2 Å². The van der Waals surface area contributed by atoms with E-state index in [0.717, 1.165) is 12.8 Å². The Hall–Kier alpha value is -3.89. The van der Waals surface area contributed by atoms with Crippen molar-refractivity contribution in [2.45, 2.75) is 44.7 Å². The number of carbonyl (C=O) groups is 1. The van der Waals surface area contributed by atoms with Crippen LogP contribution in [0.15, 0.2) is 35.6 Å². The Bertz CT molecular complexity index is 1220. The molecule has 1 N–H and O–H groups in total. The highest BCUT2D eigenvalue weighted by Gasteiger charge is 2.39. The van der Waals surface area contributed by atoms with E-state index in [-0.39, 0.29) is 17.0 Å². The molecule has 3 aromatic rings. The molecule has 11 heteroatoms. The Labute approximate surface area is 190 Å². The van der Waals surface area contributed by atoms with Crippen LogP contribution in [0.2, 0.25) is 0 Å². The summed E-state index contributed by atoms with van der Waals surface area (Å²) in [5, 5.41) is 10.9. The molecule has 1 aliphatic heterocycles. The van der Waals surface area contributed by atoms with Gasteiger partial charge in [0.1, 0.15) is 12.2 Å². The molecule has 11 nitrogen and oxygen atoms in total. The van der Waals surface area contributed by atoms with Crippen molar-refractivity contribution < 1.29 is 14.3 Å². The Kier molecular flexibility index (Phi) is 6.29. The fourth-order valence-electron chi connectivity index (χ4n) is 4.14. The molecule has 172 valence electrons. The van der Waals surface area contributed by atoms with E-state index in [1.54, 1.807) is 16.8 Å². The predicted molar refractivity (Wildman–Crippen MR) is 118 cm³/mol. The van der Waals surface area contributed by atoms with Gasteiger partial charge in [-0.1, -0.05) is 6.92 Å². The minimum absolute atomic E-state index is 0.00484. The second-order valence-corrected chi connectivity index (χ2v) is 7.69. The van der Waals surface area contributed by atoms with Gasteiger partial charge in [-0.25, -0.2) is 15.0 Å². The molecule has 0 spiro atoms. The molecule has 0 saturated carbocycles. The summed E-state index contributed by atoms with van der Waals surface area (Å²) in [5.74, 6) is 0.483. The van der Waals surface area contributed by atoms with E-state index < -0.39 is 11.4 Å². The third-order valence-corrected chi connectivity index (χ3v) is 5.88. The molecule has 4 heterocycles. The van der Waals surface area contributed by atoms with Crippen LogP contribution >= 0.6 is 0 Å². The molecule has 0 saturated heterocycles. The van der Waals surface area contributed by atoms with Crippen LogP contribution in [0.25, 0.3) is 11.4 Å². The Balaban J connectivity index is 1.82. The van der Waals surface area contributed by atoms with Gasteiger partial charge >= 0.3 is 0 Å². The first-order valence-corrected chi connectivity index (χ1v) is 10.7. The molecule has 1 aliphatic rings. The van der Waals surface area contributed by atoms with Gasteiger partial charge in [0.05, 0.1) is 37.3 Å². The number of ether oxygens (including phenoxy) is 2. The molecule has 33 heavy (non-hydrogen) atoms. The van der Waals surface area contributed by atoms with Crippen molar-refractivity contribution in [3.63, 3.8) is 0 Å². The fourth-order valence-corrected chi connectivity index (χ4v) is 4.14. The minimum atomic E-state index is -0.897. The normalized spacial score (nSPS) is 17.5. The highest BCUT2D eigenvalue weighted by atomic mass is 16.5. The van der Waals surface area contributed by atoms with E-state index in [0.29, 0.717) is 42.3 Å². The number of nitrogens with one attached hydrogen (secondary N) is 1. The van der Waals surface area contributed by atoms with Crippen LogP contribution in [-0.2, 0) is 12.1 Å².